The third kappa shape index (κ3) is 3.43. The second-order valence-corrected chi connectivity index (χ2v) is 7.47. The van der Waals surface area contributed by atoms with Crippen LogP contribution in [0.2, 0.25) is 0 Å². The number of urea groups is 1. The molecule has 1 aromatic carbocycles. The molecule has 0 spiro atoms. The van der Waals surface area contributed by atoms with E-state index in [2.05, 4.69) is 17.6 Å². The maximum Gasteiger partial charge on any atom is 0.324 e. The number of rotatable bonds is 3. The van der Waals surface area contributed by atoms with E-state index in [-0.39, 0.29) is 6.03 Å². The van der Waals surface area contributed by atoms with E-state index in [0.717, 1.165) is 35.3 Å². The molecule has 6 heteroatoms. The average Bonchev–Trinajstić information content (AvgIpc) is 2.84. The topological polar surface area (TPSA) is 84.2 Å². The summed E-state index contributed by atoms with van der Waals surface area (Å²) >= 11 is 1.46. The van der Waals surface area contributed by atoms with Gasteiger partial charge >= 0.3 is 6.03 Å². The summed E-state index contributed by atoms with van der Waals surface area (Å²) in [6, 6.07) is 7.18. The highest BCUT2D eigenvalue weighted by Gasteiger charge is 2.27. The van der Waals surface area contributed by atoms with Gasteiger partial charge in [0.15, 0.2) is 0 Å². The Bertz CT molecular complexity index is 798. The van der Waals surface area contributed by atoms with Crippen LogP contribution in [-0.4, -0.2) is 11.9 Å². The molecule has 3 amide bonds. The van der Waals surface area contributed by atoms with E-state index in [1.807, 2.05) is 31.2 Å². The number of benzene rings is 1. The van der Waals surface area contributed by atoms with Gasteiger partial charge in [-0.05, 0) is 55.4 Å². The van der Waals surface area contributed by atoms with Gasteiger partial charge in [0.25, 0.3) is 5.91 Å². The minimum atomic E-state index is -0.479. The van der Waals surface area contributed by atoms with Gasteiger partial charge in [0.2, 0.25) is 0 Å². The number of thiophene rings is 1. The van der Waals surface area contributed by atoms with Crippen molar-refractivity contribution in [2.45, 2.75) is 33.1 Å². The van der Waals surface area contributed by atoms with E-state index in [1.54, 1.807) is 0 Å². The zero-order valence-corrected chi connectivity index (χ0v) is 14.6. The first kappa shape index (κ1) is 16.5. The fourth-order valence-electron chi connectivity index (χ4n) is 3.10. The summed E-state index contributed by atoms with van der Waals surface area (Å²) in [5.41, 5.74) is 8.83. The van der Waals surface area contributed by atoms with Gasteiger partial charge < -0.3 is 11.1 Å². The molecule has 0 bridgehead atoms. The maximum absolute atomic E-state index is 12.3. The third-order valence-electron chi connectivity index (χ3n) is 4.26. The molecule has 0 saturated heterocycles. The normalized spacial score (nSPS) is 16.3. The molecule has 0 fully saturated rings. The number of fused-ring (bicyclic) bond motifs is 1. The Morgan fingerprint density at radius 2 is 2.08 bits per heavy atom. The fraction of sp³-hybridized carbons (Fsp3) is 0.333. The van der Waals surface area contributed by atoms with E-state index in [1.165, 1.54) is 11.3 Å². The molecule has 24 heavy (non-hydrogen) atoms. The summed E-state index contributed by atoms with van der Waals surface area (Å²) < 4.78 is 0. The van der Waals surface area contributed by atoms with E-state index in [0.29, 0.717) is 22.2 Å². The smallest absolute Gasteiger partial charge is 0.324 e. The van der Waals surface area contributed by atoms with Gasteiger partial charge in [-0.3, -0.25) is 10.1 Å². The van der Waals surface area contributed by atoms with Crippen LogP contribution in [0, 0.1) is 12.8 Å². The summed E-state index contributed by atoms with van der Waals surface area (Å²) in [6.07, 6.45) is 2.87. The lowest BCUT2D eigenvalue weighted by molar-refractivity contribution is 0.1000. The largest absolute Gasteiger partial charge is 0.365 e. The molecule has 3 rings (SSSR count). The zero-order valence-electron chi connectivity index (χ0n) is 13.8. The third-order valence-corrected chi connectivity index (χ3v) is 5.46. The quantitative estimate of drug-likeness (QED) is 0.789. The number of nitrogens with one attached hydrogen (secondary N) is 2. The second kappa shape index (κ2) is 6.65. The summed E-state index contributed by atoms with van der Waals surface area (Å²) in [7, 11) is 0. The number of hydrogen-bond acceptors (Lipinski definition) is 3. The Morgan fingerprint density at radius 1 is 1.29 bits per heavy atom. The number of carbonyl (C=O) groups is 2. The molecule has 1 aliphatic carbocycles. The van der Waals surface area contributed by atoms with Gasteiger partial charge in [0, 0.05) is 10.6 Å². The molecular weight excluding hydrogens is 322 g/mol. The van der Waals surface area contributed by atoms with Gasteiger partial charge in [-0.15, -0.1) is 11.3 Å². The van der Waals surface area contributed by atoms with Crippen LogP contribution in [0.1, 0.15) is 39.7 Å². The molecule has 0 saturated carbocycles. The number of hydrogen-bond donors (Lipinski definition) is 3. The number of amides is 3. The van der Waals surface area contributed by atoms with Crippen LogP contribution in [0.3, 0.4) is 0 Å². The molecule has 2 aromatic rings. The first-order valence-electron chi connectivity index (χ1n) is 8.03. The first-order chi connectivity index (χ1) is 11.4. The average molecular weight is 343 g/mol. The highest BCUT2D eigenvalue weighted by molar-refractivity contribution is 7.17. The maximum atomic E-state index is 12.3. The minimum Gasteiger partial charge on any atom is -0.365 e. The summed E-state index contributed by atoms with van der Waals surface area (Å²) in [6.45, 7) is 4.13. The van der Waals surface area contributed by atoms with Crippen molar-refractivity contribution in [1.29, 1.82) is 0 Å². The van der Waals surface area contributed by atoms with Crippen LogP contribution >= 0.6 is 11.3 Å². The molecule has 1 aliphatic rings. The van der Waals surface area contributed by atoms with Gasteiger partial charge in [-0.2, -0.15) is 0 Å². The van der Waals surface area contributed by atoms with Crippen molar-refractivity contribution in [3.63, 3.8) is 0 Å². The lowest BCUT2D eigenvalue weighted by Gasteiger charge is -2.18. The summed E-state index contributed by atoms with van der Waals surface area (Å²) in [5.74, 6) is 0.0478. The van der Waals surface area contributed by atoms with Crippen molar-refractivity contribution in [2.24, 2.45) is 11.7 Å². The number of aryl methyl sites for hydroxylation is 2. The van der Waals surface area contributed by atoms with Crippen molar-refractivity contribution >= 4 is 34.0 Å². The lowest BCUT2D eigenvalue weighted by Crippen LogP contribution is -2.22. The molecule has 126 valence electrons. The van der Waals surface area contributed by atoms with E-state index < -0.39 is 5.91 Å². The van der Waals surface area contributed by atoms with Crippen molar-refractivity contribution in [1.82, 2.24) is 0 Å². The molecule has 0 radical (unpaired) electrons. The second-order valence-electron chi connectivity index (χ2n) is 6.37. The molecule has 5 nitrogen and oxygen atoms in total. The number of anilines is 2. The molecule has 1 atom stereocenters. The monoisotopic (exact) mass is 343 g/mol. The van der Waals surface area contributed by atoms with E-state index in [9.17, 15) is 9.59 Å². The lowest BCUT2D eigenvalue weighted by atomic mass is 9.87. The molecule has 4 N–H and O–H groups in total. The van der Waals surface area contributed by atoms with Crippen molar-refractivity contribution < 1.29 is 9.59 Å². The highest BCUT2D eigenvalue weighted by Crippen LogP contribution is 2.39. The van der Waals surface area contributed by atoms with Crippen LogP contribution in [0.4, 0.5) is 15.5 Å². The van der Waals surface area contributed by atoms with Crippen molar-refractivity contribution in [3.05, 3.63) is 45.8 Å². The Labute approximate surface area is 145 Å². The first-order valence-corrected chi connectivity index (χ1v) is 8.84. The number of nitrogens with two attached hydrogens (primary N) is 1. The van der Waals surface area contributed by atoms with Crippen molar-refractivity contribution in [3.8, 4) is 0 Å². The van der Waals surface area contributed by atoms with Crippen LogP contribution < -0.4 is 16.4 Å². The Morgan fingerprint density at radius 3 is 2.79 bits per heavy atom. The summed E-state index contributed by atoms with van der Waals surface area (Å²) in [4.78, 5) is 25.3. The van der Waals surface area contributed by atoms with Gasteiger partial charge in [-0.1, -0.05) is 19.1 Å². The Hall–Kier alpha value is -2.34. The molecule has 1 aromatic heterocycles. The highest BCUT2D eigenvalue weighted by atomic mass is 32.1. The van der Waals surface area contributed by atoms with Crippen LogP contribution in [0.15, 0.2) is 24.3 Å². The minimum absolute atomic E-state index is 0.366. The van der Waals surface area contributed by atoms with E-state index in [4.69, 9.17) is 5.73 Å². The van der Waals surface area contributed by atoms with Crippen LogP contribution in [0.25, 0.3) is 0 Å². The molecule has 1 heterocycles. The number of primary amides is 1. The fourth-order valence-corrected chi connectivity index (χ4v) is 4.34. The van der Waals surface area contributed by atoms with Gasteiger partial charge in [-0.25, -0.2) is 4.79 Å². The van der Waals surface area contributed by atoms with Crippen LogP contribution in [0.5, 0.6) is 0 Å². The van der Waals surface area contributed by atoms with Crippen LogP contribution in [-0.2, 0) is 12.8 Å². The predicted octanol–water partition coefficient (Wildman–Crippen LogP) is 3.92. The molecule has 1 unspecified atom stereocenters. The standard InChI is InChI=1S/C18H21N3O2S/c1-10-4-3-5-12(8-10)20-18(23)21-17-15(16(19)22)13-9-11(2)6-7-14(13)24-17/h3-5,8,11H,6-7,9H2,1-2H3,(H2,19,22)(H2,20,21,23). The number of carbonyl (C=O) groups excluding carboxylic acids is 2. The Kier molecular flexibility index (Phi) is 4.57. The van der Waals surface area contributed by atoms with Gasteiger partial charge in [0.1, 0.15) is 5.00 Å². The molecular formula is C18H21N3O2S. The zero-order chi connectivity index (χ0) is 17.3. The summed E-state index contributed by atoms with van der Waals surface area (Å²) in [5, 5.41) is 6.14. The van der Waals surface area contributed by atoms with E-state index >= 15 is 0 Å². The SMILES string of the molecule is Cc1cccc(NC(=O)Nc2sc3c(c2C(N)=O)CC(C)CC3)c1. The molecule has 0 aliphatic heterocycles. The predicted molar refractivity (Wildman–Crippen MR) is 97.8 cm³/mol. The Balaban J connectivity index is 1.82. The van der Waals surface area contributed by atoms with Crippen molar-refractivity contribution in [2.75, 3.05) is 10.6 Å². The van der Waals surface area contributed by atoms with Gasteiger partial charge in [0.05, 0.1) is 5.56 Å².